The van der Waals surface area contributed by atoms with Crippen molar-refractivity contribution in [2.24, 2.45) is 5.84 Å². The van der Waals surface area contributed by atoms with Gasteiger partial charge in [-0.2, -0.15) is 0 Å². The SMILES string of the molecule is CCn1ccnc1C(NN)c1cc(Br)c(Br)s1. The third kappa shape index (κ3) is 2.63. The highest BCUT2D eigenvalue weighted by Crippen LogP contribution is 2.36. The van der Waals surface area contributed by atoms with Crippen molar-refractivity contribution in [1.82, 2.24) is 15.0 Å². The standard InChI is InChI=1S/C10H12Br2N4S/c1-2-16-4-3-14-10(16)8(15-13)7-5-6(11)9(12)17-7/h3-5,8,15H,2,13H2,1H3. The lowest BCUT2D eigenvalue weighted by Crippen LogP contribution is -2.30. The molecule has 2 rings (SSSR count). The van der Waals surface area contributed by atoms with E-state index in [1.165, 1.54) is 0 Å². The van der Waals surface area contributed by atoms with Gasteiger partial charge in [-0.25, -0.2) is 10.4 Å². The molecular formula is C10H12Br2N4S. The lowest BCUT2D eigenvalue weighted by Gasteiger charge is -2.15. The first kappa shape index (κ1) is 13.2. The molecule has 0 spiro atoms. The van der Waals surface area contributed by atoms with E-state index in [1.54, 1.807) is 17.5 Å². The van der Waals surface area contributed by atoms with Gasteiger partial charge < -0.3 is 4.57 Å². The highest BCUT2D eigenvalue weighted by molar-refractivity contribution is 9.13. The van der Waals surface area contributed by atoms with Crippen molar-refractivity contribution in [3.63, 3.8) is 0 Å². The number of nitrogens with zero attached hydrogens (tertiary/aromatic N) is 2. The van der Waals surface area contributed by atoms with Crippen molar-refractivity contribution < 1.29 is 0 Å². The van der Waals surface area contributed by atoms with Crippen molar-refractivity contribution in [1.29, 1.82) is 0 Å². The second-order valence-electron chi connectivity index (χ2n) is 3.44. The molecule has 0 aliphatic heterocycles. The van der Waals surface area contributed by atoms with Crippen LogP contribution in [0.1, 0.15) is 23.7 Å². The molecule has 4 nitrogen and oxygen atoms in total. The van der Waals surface area contributed by atoms with Crippen LogP contribution in [-0.2, 0) is 6.54 Å². The topological polar surface area (TPSA) is 55.9 Å². The minimum Gasteiger partial charge on any atom is -0.334 e. The first-order valence-corrected chi connectivity index (χ1v) is 7.49. The van der Waals surface area contributed by atoms with Crippen LogP contribution in [0.15, 0.2) is 26.7 Å². The lowest BCUT2D eigenvalue weighted by molar-refractivity contribution is 0.567. The number of hydrogen-bond acceptors (Lipinski definition) is 4. The van der Waals surface area contributed by atoms with Gasteiger partial charge in [0.05, 0.1) is 3.79 Å². The maximum atomic E-state index is 5.65. The van der Waals surface area contributed by atoms with E-state index in [0.717, 1.165) is 25.5 Å². The summed E-state index contributed by atoms with van der Waals surface area (Å²) in [6.45, 7) is 2.96. The van der Waals surface area contributed by atoms with Gasteiger partial charge in [-0.05, 0) is 44.8 Å². The summed E-state index contributed by atoms with van der Waals surface area (Å²) in [6, 6.07) is 1.96. The first-order chi connectivity index (χ1) is 8.17. The number of aryl methyl sites for hydroxylation is 1. The zero-order chi connectivity index (χ0) is 12.4. The van der Waals surface area contributed by atoms with E-state index < -0.39 is 0 Å². The largest absolute Gasteiger partial charge is 0.334 e. The number of imidazole rings is 1. The Morgan fingerprint density at radius 3 is 2.88 bits per heavy atom. The third-order valence-electron chi connectivity index (χ3n) is 2.46. The van der Waals surface area contributed by atoms with Crippen molar-refractivity contribution >= 4 is 43.2 Å². The summed E-state index contributed by atoms with van der Waals surface area (Å²) < 4.78 is 4.17. The van der Waals surface area contributed by atoms with Gasteiger partial charge >= 0.3 is 0 Å². The summed E-state index contributed by atoms with van der Waals surface area (Å²) in [7, 11) is 0. The molecule has 0 radical (unpaired) electrons. The highest BCUT2D eigenvalue weighted by atomic mass is 79.9. The van der Waals surface area contributed by atoms with Crippen molar-refractivity contribution in [3.8, 4) is 0 Å². The van der Waals surface area contributed by atoms with Gasteiger partial charge in [-0.1, -0.05) is 0 Å². The number of rotatable bonds is 4. The Hall–Kier alpha value is -0.210. The van der Waals surface area contributed by atoms with Crippen LogP contribution in [0.4, 0.5) is 0 Å². The van der Waals surface area contributed by atoms with Crippen LogP contribution in [0, 0.1) is 0 Å². The number of nitrogens with two attached hydrogens (primary N) is 1. The Morgan fingerprint density at radius 1 is 1.59 bits per heavy atom. The maximum Gasteiger partial charge on any atom is 0.132 e. The third-order valence-corrected chi connectivity index (χ3v) is 5.78. The molecule has 0 bridgehead atoms. The normalized spacial score (nSPS) is 12.9. The van der Waals surface area contributed by atoms with Gasteiger partial charge in [0.2, 0.25) is 0 Å². The maximum absolute atomic E-state index is 5.65. The second kappa shape index (κ2) is 5.62. The summed E-state index contributed by atoms with van der Waals surface area (Å²) in [5.41, 5.74) is 2.82. The zero-order valence-electron chi connectivity index (χ0n) is 9.15. The Kier molecular flexibility index (Phi) is 4.37. The number of hydrazine groups is 1. The van der Waals surface area contributed by atoms with E-state index in [4.69, 9.17) is 5.84 Å². The molecule has 0 saturated carbocycles. The van der Waals surface area contributed by atoms with E-state index in [1.807, 2.05) is 12.3 Å². The van der Waals surface area contributed by atoms with Crippen LogP contribution in [0.2, 0.25) is 0 Å². The van der Waals surface area contributed by atoms with Crippen LogP contribution in [0.3, 0.4) is 0 Å². The van der Waals surface area contributed by atoms with Crippen LogP contribution in [0.5, 0.6) is 0 Å². The molecule has 17 heavy (non-hydrogen) atoms. The molecule has 1 atom stereocenters. The first-order valence-electron chi connectivity index (χ1n) is 5.09. The molecule has 0 aliphatic rings. The van der Waals surface area contributed by atoms with Gasteiger partial charge in [0.1, 0.15) is 11.9 Å². The van der Waals surface area contributed by atoms with E-state index in [-0.39, 0.29) is 6.04 Å². The molecule has 0 aliphatic carbocycles. The fraction of sp³-hybridized carbons (Fsp3) is 0.300. The average molecular weight is 380 g/mol. The fourth-order valence-corrected chi connectivity index (χ4v) is 3.79. The molecular weight excluding hydrogens is 368 g/mol. The van der Waals surface area contributed by atoms with Gasteiger partial charge in [-0.15, -0.1) is 11.3 Å². The predicted octanol–water partition coefficient (Wildman–Crippen LogP) is 3.04. The summed E-state index contributed by atoms with van der Waals surface area (Å²) >= 11 is 8.61. The van der Waals surface area contributed by atoms with Gasteiger partial charge in [0.15, 0.2) is 0 Å². The number of nitrogens with one attached hydrogen (secondary N) is 1. The molecule has 2 aromatic rings. The summed E-state index contributed by atoms with van der Waals surface area (Å²) in [5, 5.41) is 0. The van der Waals surface area contributed by atoms with Crippen molar-refractivity contribution in [2.75, 3.05) is 0 Å². The number of hydrogen-bond donors (Lipinski definition) is 2. The van der Waals surface area contributed by atoms with E-state index in [0.29, 0.717) is 0 Å². The molecule has 0 aromatic carbocycles. The summed E-state index contributed by atoms with van der Waals surface area (Å²) in [6.07, 6.45) is 3.75. The van der Waals surface area contributed by atoms with Crippen LogP contribution in [-0.4, -0.2) is 9.55 Å². The Labute approximate surface area is 120 Å². The van der Waals surface area contributed by atoms with Crippen molar-refractivity contribution in [3.05, 3.63) is 37.4 Å². The number of halogens is 2. The quantitative estimate of drug-likeness (QED) is 0.634. The van der Waals surface area contributed by atoms with Crippen LogP contribution in [0.25, 0.3) is 0 Å². The van der Waals surface area contributed by atoms with Crippen LogP contribution >= 0.6 is 43.2 Å². The highest BCUT2D eigenvalue weighted by Gasteiger charge is 2.20. The molecule has 1 unspecified atom stereocenters. The molecule has 7 heteroatoms. The Bertz CT molecular complexity index is 489. The van der Waals surface area contributed by atoms with Gasteiger partial charge in [-0.3, -0.25) is 5.84 Å². The summed E-state index contributed by atoms with van der Waals surface area (Å²) in [4.78, 5) is 5.49. The Morgan fingerprint density at radius 2 is 2.35 bits per heavy atom. The monoisotopic (exact) mass is 378 g/mol. The molecule has 92 valence electrons. The summed E-state index contributed by atoms with van der Waals surface area (Å²) in [5.74, 6) is 6.58. The Balaban J connectivity index is 2.40. The van der Waals surface area contributed by atoms with Gasteiger partial charge in [0.25, 0.3) is 0 Å². The van der Waals surface area contributed by atoms with E-state index in [9.17, 15) is 0 Å². The molecule has 3 N–H and O–H groups in total. The predicted molar refractivity (Wildman–Crippen MR) is 76.8 cm³/mol. The zero-order valence-corrected chi connectivity index (χ0v) is 13.1. The lowest BCUT2D eigenvalue weighted by atomic mass is 10.2. The molecule has 0 fully saturated rings. The number of thiophene rings is 1. The van der Waals surface area contributed by atoms with Crippen molar-refractivity contribution in [2.45, 2.75) is 19.5 Å². The average Bonchev–Trinajstić information content (AvgIpc) is 2.89. The fourth-order valence-electron chi connectivity index (χ4n) is 1.64. The van der Waals surface area contributed by atoms with Crippen LogP contribution < -0.4 is 11.3 Å². The molecule has 2 aromatic heterocycles. The minimum absolute atomic E-state index is 0.0856. The molecule has 0 saturated heterocycles. The molecule has 0 amide bonds. The van der Waals surface area contributed by atoms with E-state index in [2.05, 4.69) is 53.8 Å². The van der Waals surface area contributed by atoms with Gasteiger partial charge in [0, 0.05) is 28.3 Å². The smallest absolute Gasteiger partial charge is 0.132 e. The minimum atomic E-state index is -0.0856. The number of aromatic nitrogens is 2. The van der Waals surface area contributed by atoms with E-state index >= 15 is 0 Å². The second-order valence-corrected chi connectivity index (χ2v) is 6.70. The molecule has 2 heterocycles.